The maximum absolute atomic E-state index is 13.7. The minimum Gasteiger partial charge on any atom is -0.478 e. The minimum absolute atomic E-state index is 0.0505. The van der Waals surface area contributed by atoms with Gasteiger partial charge in [-0.05, 0) is 19.8 Å². The van der Waals surface area contributed by atoms with Crippen LogP contribution in [0.5, 0.6) is 0 Å². The molecule has 0 spiro atoms. The maximum atomic E-state index is 13.7. The van der Waals surface area contributed by atoms with E-state index in [0.717, 1.165) is 25.0 Å². The second-order valence-electron chi connectivity index (χ2n) is 4.90. The van der Waals surface area contributed by atoms with E-state index >= 15 is 0 Å². The van der Waals surface area contributed by atoms with Crippen LogP contribution in [0.4, 0.5) is 15.8 Å². The van der Waals surface area contributed by atoms with Gasteiger partial charge in [0.1, 0.15) is 17.1 Å². The molecule has 114 valence electrons. The molecule has 0 saturated carbocycles. The van der Waals surface area contributed by atoms with Crippen LogP contribution in [0.3, 0.4) is 0 Å². The number of nitro groups is 1. The number of hydrogen-bond acceptors (Lipinski definition) is 5. The van der Waals surface area contributed by atoms with E-state index in [1.54, 1.807) is 6.92 Å². The molecule has 7 nitrogen and oxygen atoms in total. The second kappa shape index (κ2) is 6.04. The molecule has 2 rings (SSSR count). The molecule has 1 heterocycles. The number of ether oxygens (including phenoxy) is 1. The third-order valence-corrected chi connectivity index (χ3v) is 3.42. The first-order valence-corrected chi connectivity index (χ1v) is 6.49. The fourth-order valence-electron chi connectivity index (χ4n) is 2.33. The first kappa shape index (κ1) is 15.2. The number of carbonyl (C=O) groups is 1. The highest BCUT2D eigenvalue weighted by Crippen LogP contribution is 2.30. The van der Waals surface area contributed by atoms with Crippen molar-refractivity contribution >= 4 is 17.3 Å². The Kier molecular flexibility index (Phi) is 4.37. The average Bonchev–Trinajstić information content (AvgIpc) is 2.91. The van der Waals surface area contributed by atoms with Crippen LogP contribution >= 0.6 is 0 Å². The summed E-state index contributed by atoms with van der Waals surface area (Å²) >= 11 is 0. The van der Waals surface area contributed by atoms with E-state index in [9.17, 15) is 19.3 Å². The Labute approximate surface area is 119 Å². The summed E-state index contributed by atoms with van der Waals surface area (Å²) in [6.45, 7) is 2.41. The normalized spacial score (nSPS) is 19.2. The van der Waals surface area contributed by atoms with Gasteiger partial charge in [-0.2, -0.15) is 0 Å². The highest BCUT2D eigenvalue weighted by Gasteiger charge is 2.27. The lowest BCUT2D eigenvalue weighted by Crippen LogP contribution is -2.30. The van der Waals surface area contributed by atoms with Crippen molar-refractivity contribution in [1.29, 1.82) is 0 Å². The zero-order valence-electron chi connectivity index (χ0n) is 11.3. The number of aromatic carboxylic acids is 1. The number of nitrogens with one attached hydrogen (secondary N) is 1. The zero-order chi connectivity index (χ0) is 15.6. The van der Waals surface area contributed by atoms with Gasteiger partial charge in [-0.1, -0.05) is 0 Å². The smallest absolute Gasteiger partial charge is 0.338 e. The van der Waals surface area contributed by atoms with Crippen LogP contribution in [0.1, 0.15) is 30.1 Å². The number of nitro benzene ring substituents is 1. The van der Waals surface area contributed by atoms with E-state index in [0.29, 0.717) is 6.61 Å². The van der Waals surface area contributed by atoms with E-state index in [-0.39, 0.29) is 17.8 Å². The molecule has 1 aromatic carbocycles. The number of rotatable bonds is 5. The molecule has 1 aliphatic rings. The van der Waals surface area contributed by atoms with Crippen LogP contribution < -0.4 is 5.32 Å². The molecule has 0 bridgehead atoms. The molecule has 0 amide bonds. The van der Waals surface area contributed by atoms with Crippen molar-refractivity contribution in [2.24, 2.45) is 0 Å². The molecule has 0 aliphatic carbocycles. The lowest BCUT2D eigenvalue weighted by atomic mass is 10.1. The Morgan fingerprint density at radius 1 is 1.62 bits per heavy atom. The molecule has 0 aromatic heterocycles. The van der Waals surface area contributed by atoms with Crippen LogP contribution in [0.25, 0.3) is 0 Å². The van der Waals surface area contributed by atoms with Gasteiger partial charge in [-0.3, -0.25) is 10.1 Å². The first-order valence-electron chi connectivity index (χ1n) is 6.49. The first-order chi connectivity index (χ1) is 9.90. The predicted molar refractivity (Wildman–Crippen MR) is 72.1 cm³/mol. The lowest BCUT2D eigenvalue weighted by molar-refractivity contribution is -0.384. The zero-order valence-corrected chi connectivity index (χ0v) is 11.3. The Hall–Kier alpha value is -2.22. The van der Waals surface area contributed by atoms with Crippen LogP contribution in [0.2, 0.25) is 0 Å². The van der Waals surface area contributed by atoms with E-state index in [4.69, 9.17) is 9.84 Å². The van der Waals surface area contributed by atoms with Gasteiger partial charge in [0.25, 0.3) is 5.69 Å². The molecule has 1 fully saturated rings. The summed E-state index contributed by atoms with van der Waals surface area (Å²) in [5.41, 5.74) is -1.25. The molecule has 8 heteroatoms. The molecule has 2 N–H and O–H groups in total. The van der Waals surface area contributed by atoms with Crippen molar-refractivity contribution in [3.8, 4) is 0 Å². The van der Waals surface area contributed by atoms with Gasteiger partial charge in [0.15, 0.2) is 0 Å². The number of benzene rings is 1. The standard InChI is InChI=1S/C13H15FN2O5/c1-7(12-3-2-4-21-12)15-10-6-9(14)8(13(17)18)5-11(10)16(19)20/h5-7,12,15H,2-4H2,1H3,(H,17,18). The third-order valence-electron chi connectivity index (χ3n) is 3.42. The van der Waals surface area contributed by atoms with Crippen LogP contribution in [-0.2, 0) is 4.74 Å². The summed E-state index contributed by atoms with van der Waals surface area (Å²) in [5, 5.41) is 22.7. The molecule has 2 unspecified atom stereocenters. The summed E-state index contributed by atoms with van der Waals surface area (Å²) < 4.78 is 19.2. The van der Waals surface area contributed by atoms with Crippen molar-refractivity contribution in [2.45, 2.75) is 31.9 Å². The Morgan fingerprint density at radius 3 is 2.86 bits per heavy atom. The summed E-state index contributed by atoms with van der Waals surface area (Å²) in [7, 11) is 0. The van der Waals surface area contributed by atoms with E-state index in [1.807, 2.05) is 0 Å². The highest BCUT2D eigenvalue weighted by atomic mass is 19.1. The van der Waals surface area contributed by atoms with Crippen molar-refractivity contribution in [2.75, 3.05) is 11.9 Å². The number of halogens is 1. The van der Waals surface area contributed by atoms with Gasteiger partial charge < -0.3 is 15.2 Å². The summed E-state index contributed by atoms with van der Waals surface area (Å²) in [5.74, 6) is -2.57. The van der Waals surface area contributed by atoms with Gasteiger partial charge in [0.05, 0.1) is 11.0 Å². The fraction of sp³-hybridized carbons (Fsp3) is 0.462. The number of nitrogens with zero attached hydrogens (tertiary/aromatic N) is 1. The van der Waals surface area contributed by atoms with Gasteiger partial charge in [-0.25, -0.2) is 9.18 Å². The van der Waals surface area contributed by atoms with E-state index < -0.39 is 28.0 Å². The molecule has 1 aromatic rings. The van der Waals surface area contributed by atoms with Crippen molar-refractivity contribution in [3.63, 3.8) is 0 Å². The topological polar surface area (TPSA) is 102 Å². The SMILES string of the molecule is CC(Nc1cc(F)c(C(=O)O)cc1[N+](=O)[O-])C1CCCO1. The molecule has 0 radical (unpaired) electrons. The van der Waals surface area contributed by atoms with Gasteiger partial charge >= 0.3 is 5.97 Å². The third kappa shape index (κ3) is 3.27. The Morgan fingerprint density at radius 2 is 2.33 bits per heavy atom. The maximum Gasteiger partial charge on any atom is 0.338 e. The second-order valence-corrected chi connectivity index (χ2v) is 4.90. The van der Waals surface area contributed by atoms with Crippen LogP contribution in [-0.4, -0.2) is 34.8 Å². The van der Waals surface area contributed by atoms with Crippen LogP contribution in [0.15, 0.2) is 12.1 Å². The van der Waals surface area contributed by atoms with Crippen LogP contribution in [0, 0.1) is 15.9 Å². The molecule has 1 saturated heterocycles. The van der Waals surface area contributed by atoms with E-state index in [2.05, 4.69) is 5.32 Å². The number of carboxylic acids is 1. The number of anilines is 1. The Balaban J connectivity index is 2.31. The van der Waals surface area contributed by atoms with Crippen molar-refractivity contribution in [3.05, 3.63) is 33.6 Å². The molecule has 1 aliphatic heterocycles. The van der Waals surface area contributed by atoms with Gasteiger partial charge in [0.2, 0.25) is 0 Å². The lowest BCUT2D eigenvalue weighted by Gasteiger charge is -2.21. The van der Waals surface area contributed by atoms with E-state index in [1.165, 1.54) is 0 Å². The fourth-order valence-corrected chi connectivity index (χ4v) is 2.33. The molecule has 2 atom stereocenters. The largest absolute Gasteiger partial charge is 0.478 e. The monoisotopic (exact) mass is 298 g/mol. The summed E-state index contributed by atoms with van der Waals surface area (Å²) in [6.07, 6.45) is 1.62. The molecular formula is C13H15FN2O5. The highest BCUT2D eigenvalue weighted by molar-refractivity contribution is 5.90. The molecule has 21 heavy (non-hydrogen) atoms. The quantitative estimate of drug-likeness (QED) is 0.639. The van der Waals surface area contributed by atoms with Crippen molar-refractivity contribution < 1.29 is 24.0 Å². The van der Waals surface area contributed by atoms with Crippen molar-refractivity contribution in [1.82, 2.24) is 0 Å². The van der Waals surface area contributed by atoms with Gasteiger partial charge in [0, 0.05) is 24.8 Å². The number of carboxylic acid groups (broad SMARTS) is 1. The Bertz CT molecular complexity index is 572. The average molecular weight is 298 g/mol. The minimum atomic E-state index is -1.55. The molecular weight excluding hydrogens is 283 g/mol. The van der Waals surface area contributed by atoms with Gasteiger partial charge in [-0.15, -0.1) is 0 Å². The predicted octanol–water partition coefficient (Wildman–Crippen LogP) is 2.41. The summed E-state index contributed by atoms with van der Waals surface area (Å²) in [6, 6.07) is 1.32. The summed E-state index contributed by atoms with van der Waals surface area (Å²) in [4.78, 5) is 21.1. The number of hydrogen-bond donors (Lipinski definition) is 2.